The van der Waals surface area contributed by atoms with E-state index in [0.29, 0.717) is 15.4 Å². The van der Waals surface area contributed by atoms with Gasteiger partial charge >= 0.3 is 0 Å². The van der Waals surface area contributed by atoms with Crippen molar-refractivity contribution in [2.75, 3.05) is 32.9 Å². The summed E-state index contributed by atoms with van der Waals surface area (Å²) in [6.45, 7) is 3.17. The maximum absolute atomic E-state index is 13.0. The molecular formula is C13H17Br3ClFN2O. The number of phenols is 1. The average molecular weight is 511 g/mol. The predicted octanol–water partition coefficient (Wildman–Crippen LogP) is 4.41. The van der Waals surface area contributed by atoms with Gasteiger partial charge in [-0.25, -0.2) is 0 Å². The number of alkyl halides is 1. The van der Waals surface area contributed by atoms with Gasteiger partial charge in [0.1, 0.15) is 5.75 Å². The summed E-state index contributed by atoms with van der Waals surface area (Å²) in [6.07, 6.45) is 0.415. The minimum Gasteiger partial charge on any atom is -0.506 e. The summed E-state index contributed by atoms with van der Waals surface area (Å²) < 4.78 is 15.1. The topological polar surface area (TPSA) is 35.5 Å². The second-order valence-electron chi connectivity index (χ2n) is 4.70. The average Bonchev–Trinajstić information content (AvgIpc) is 2.45. The maximum Gasteiger partial charge on any atom is 0.144 e. The van der Waals surface area contributed by atoms with Crippen LogP contribution in [0.1, 0.15) is 18.0 Å². The monoisotopic (exact) mass is 508 g/mol. The summed E-state index contributed by atoms with van der Waals surface area (Å²) in [4.78, 5) is 2.26. The number of rotatable bonds is 4. The molecule has 120 valence electrons. The molecule has 2 rings (SSSR count). The van der Waals surface area contributed by atoms with Gasteiger partial charge in [-0.05, 0) is 44.3 Å². The van der Waals surface area contributed by atoms with Gasteiger partial charge < -0.3 is 10.4 Å². The Morgan fingerprint density at radius 2 is 1.86 bits per heavy atom. The Balaban J connectivity index is 0.00000220. The molecule has 1 aliphatic heterocycles. The molecule has 0 amide bonds. The quantitative estimate of drug-likeness (QED) is 0.629. The van der Waals surface area contributed by atoms with Gasteiger partial charge in [-0.2, -0.15) is 0 Å². The van der Waals surface area contributed by atoms with Gasteiger partial charge in [0.05, 0.1) is 15.6 Å². The van der Waals surface area contributed by atoms with Gasteiger partial charge in [0.2, 0.25) is 0 Å². The standard InChI is InChI=1S/C13H16Br3FN2O.ClH/c14-8-7-9(15)13(20)12(16)11(8)10(1-2-17)19-5-3-18-4-6-19;/h7,10,18,20H,1-6H2;1H/t10-;/m0./s1. The van der Waals surface area contributed by atoms with Crippen molar-refractivity contribution in [1.82, 2.24) is 10.2 Å². The molecule has 2 N–H and O–H groups in total. The lowest BCUT2D eigenvalue weighted by Crippen LogP contribution is -2.45. The third-order valence-electron chi connectivity index (χ3n) is 3.49. The highest BCUT2D eigenvalue weighted by Crippen LogP contribution is 2.44. The molecule has 8 heteroatoms. The molecule has 3 nitrogen and oxygen atoms in total. The lowest BCUT2D eigenvalue weighted by Gasteiger charge is -2.36. The Hall–Kier alpha value is 0.600. The Labute approximate surface area is 155 Å². The Morgan fingerprint density at radius 3 is 2.43 bits per heavy atom. The fourth-order valence-corrected chi connectivity index (χ4v) is 5.16. The van der Waals surface area contributed by atoms with Gasteiger partial charge in [-0.3, -0.25) is 9.29 Å². The number of piperazine rings is 1. The molecule has 0 bridgehead atoms. The Bertz CT molecular complexity index is 487. The molecule has 21 heavy (non-hydrogen) atoms. The number of benzene rings is 1. The normalized spacial score (nSPS) is 17.3. The summed E-state index contributed by atoms with van der Waals surface area (Å²) in [5, 5.41) is 13.4. The summed E-state index contributed by atoms with van der Waals surface area (Å²) in [6, 6.07) is 1.76. The van der Waals surface area contributed by atoms with E-state index >= 15 is 0 Å². The first kappa shape index (κ1) is 19.6. The van der Waals surface area contributed by atoms with Crippen LogP contribution in [0.15, 0.2) is 19.5 Å². The van der Waals surface area contributed by atoms with Crippen molar-refractivity contribution >= 4 is 60.2 Å². The number of nitrogens with zero attached hydrogens (tertiary/aromatic N) is 1. The number of hydrogen-bond acceptors (Lipinski definition) is 3. The highest BCUT2D eigenvalue weighted by atomic mass is 79.9. The molecule has 0 unspecified atom stereocenters. The van der Waals surface area contributed by atoms with Gasteiger partial charge in [-0.15, -0.1) is 12.4 Å². The van der Waals surface area contributed by atoms with Crippen molar-refractivity contribution in [3.05, 3.63) is 25.0 Å². The largest absolute Gasteiger partial charge is 0.506 e. The van der Waals surface area contributed by atoms with E-state index in [0.717, 1.165) is 36.2 Å². The van der Waals surface area contributed by atoms with Crippen LogP contribution < -0.4 is 5.32 Å². The third kappa shape index (κ3) is 4.54. The molecule has 1 atom stereocenters. The summed E-state index contributed by atoms with van der Waals surface area (Å²) in [7, 11) is 0. The van der Waals surface area contributed by atoms with Crippen LogP contribution in [0.4, 0.5) is 4.39 Å². The number of halogens is 5. The lowest BCUT2D eigenvalue weighted by molar-refractivity contribution is 0.156. The Kier molecular flexibility index (Phi) is 8.45. The van der Waals surface area contributed by atoms with Crippen LogP contribution in [-0.2, 0) is 0 Å². The molecule has 0 aromatic heterocycles. The number of aromatic hydroxyl groups is 1. The first-order valence-corrected chi connectivity index (χ1v) is 8.81. The van der Waals surface area contributed by atoms with Gasteiger partial charge in [-0.1, -0.05) is 15.9 Å². The molecule has 1 fully saturated rings. The van der Waals surface area contributed by atoms with E-state index in [4.69, 9.17) is 0 Å². The fraction of sp³-hybridized carbons (Fsp3) is 0.538. The van der Waals surface area contributed by atoms with E-state index in [1.807, 2.05) is 6.07 Å². The molecular weight excluding hydrogens is 494 g/mol. The number of hydrogen-bond donors (Lipinski definition) is 2. The molecule has 0 aliphatic carbocycles. The van der Waals surface area contributed by atoms with Crippen molar-refractivity contribution in [2.24, 2.45) is 0 Å². The van der Waals surface area contributed by atoms with Crippen LogP contribution in [0.3, 0.4) is 0 Å². The second-order valence-corrected chi connectivity index (χ2v) is 7.20. The summed E-state index contributed by atoms with van der Waals surface area (Å²) >= 11 is 10.3. The molecule has 1 aromatic carbocycles. The second kappa shape index (κ2) is 9.03. The molecule has 1 aromatic rings. The van der Waals surface area contributed by atoms with Crippen molar-refractivity contribution in [2.45, 2.75) is 12.5 Å². The van der Waals surface area contributed by atoms with E-state index in [-0.39, 0.29) is 30.9 Å². The summed E-state index contributed by atoms with van der Waals surface area (Å²) in [5.41, 5.74) is 0.908. The number of phenolic OH excluding ortho intramolecular Hbond substituents is 1. The van der Waals surface area contributed by atoms with E-state index < -0.39 is 0 Å². The molecule has 1 saturated heterocycles. The van der Waals surface area contributed by atoms with Gasteiger partial charge in [0, 0.05) is 42.3 Å². The van der Waals surface area contributed by atoms with Crippen LogP contribution in [0.2, 0.25) is 0 Å². The first-order chi connectivity index (χ1) is 9.56. The van der Waals surface area contributed by atoms with Crippen LogP contribution in [0, 0.1) is 0 Å². The zero-order chi connectivity index (χ0) is 14.7. The molecule has 0 radical (unpaired) electrons. The predicted molar refractivity (Wildman–Crippen MR) is 96.2 cm³/mol. The maximum atomic E-state index is 13.0. The Morgan fingerprint density at radius 1 is 1.24 bits per heavy atom. The van der Waals surface area contributed by atoms with Crippen molar-refractivity contribution in [1.29, 1.82) is 0 Å². The third-order valence-corrected chi connectivity index (χ3v) is 5.55. The molecule has 0 saturated carbocycles. The van der Waals surface area contributed by atoms with E-state index in [2.05, 4.69) is 58.0 Å². The van der Waals surface area contributed by atoms with Crippen molar-refractivity contribution in [3.63, 3.8) is 0 Å². The first-order valence-electron chi connectivity index (χ1n) is 6.43. The van der Waals surface area contributed by atoms with E-state index in [9.17, 15) is 9.50 Å². The van der Waals surface area contributed by atoms with Crippen LogP contribution in [0.5, 0.6) is 5.75 Å². The van der Waals surface area contributed by atoms with Crippen LogP contribution >= 0.6 is 60.2 Å². The zero-order valence-corrected chi connectivity index (χ0v) is 16.8. The van der Waals surface area contributed by atoms with Gasteiger partial charge in [0.25, 0.3) is 0 Å². The minimum atomic E-state index is -0.385. The fourth-order valence-electron chi connectivity index (χ4n) is 2.51. The van der Waals surface area contributed by atoms with Crippen molar-refractivity contribution in [3.8, 4) is 5.75 Å². The molecule has 1 heterocycles. The zero-order valence-electron chi connectivity index (χ0n) is 11.2. The highest BCUT2D eigenvalue weighted by Gasteiger charge is 2.27. The van der Waals surface area contributed by atoms with Gasteiger partial charge in [0.15, 0.2) is 0 Å². The number of nitrogens with one attached hydrogen (secondary N) is 1. The van der Waals surface area contributed by atoms with Crippen LogP contribution in [-0.4, -0.2) is 42.9 Å². The minimum absolute atomic E-state index is 0. The summed E-state index contributed by atoms with van der Waals surface area (Å²) in [5.74, 6) is 0.155. The SMILES string of the molecule is Cl.Oc1c(Br)cc(Br)c([C@H](CCF)N2CCNCC2)c1Br. The highest BCUT2D eigenvalue weighted by molar-refractivity contribution is 9.11. The van der Waals surface area contributed by atoms with E-state index in [1.54, 1.807) is 0 Å². The van der Waals surface area contributed by atoms with Crippen LogP contribution in [0.25, 0.3) is 0 Å². The van der Waals surface area contributed by atoms with Crippen molar-refractivity contribution < 1.29 is 9.50 Å². The lowest BCUT2D eigenvalue weighted by atomic mass is 10.0. The molecule has 1 aliphatic rings. The van der Waals surface area contributed by atoms with E-state index in [1.165, 1.54) is 0 Å². The smallest absolute Gasteiger partial charge is 0.144 e. The molecule has 0 spiro atoms.